The lowest BCUT2D eigenvalue weighted by molar-refractivity contribution is -0.145. The van der Waals surface area contributed by atoms with Crippen molar-refractivity contribution < 1.29 is 9.47 Å². The molecule has 1 aliphatic carbocycles. The molecule has 1 aliphatic heterocycles. The van der Waals surface area contributed by atoms with E-state index in [2.05, 4.69) is 5.32 Å². The predicted octanol–water partition coefficient (Wildman–Crippen LogP) is 1.67. The van der Waals surface area contributed by atoms with Gasteiger partial charge in [0.25, 0.3) is 0 Å². The molecule has 3 nitrogen and oxygen atoms in total. The van der Waals surface area contributed by atoms with Gasteiger partial charge in [0.2, 0.25) is 0 Å². The second-order valence-corrected chi connectivity index (χ2v) is 4.52. The van der Waals surface area contributed by atoms with Gasteiger partial charge in [0.1, 0.15) is 0 Å². The summed E-state index contributed by atoms with van der Waals surface area (Å²) in [6.45, 7) is 4.55. The second-order valence-electron chi connectivity index (χ2n) is 4.52. The van der Waals surface area contributed by atoms with Crippen LogP contribution in [0.2, 0.25) is 0 Å². The van der Waals surface area contributed by atoms with Crippen LogP contribution in [-0.4, -0.2) is 31.6 Å². The van der Waals surface area contributed by atoms with Crippen LogP contribution >= 0.6 is 0 Å². The molecule has 0 atom stereocenters. The molecule has 0 aromatic heterocycles. The lowest BCUT2D eigenvalue weighted by Gasteiger charge is -2.23. The lowest BCUT2D eigenvalue weighted by atomic mass is 10.2. The van der Waals surface area contributed by atoms with Crippen LogP contribution in [0.25, 0.3) is 0 Å². The summed E-state index contributed by atoms with van der Waals surface area (Å²) < 4.78 is 11.1. The Morgan fingerprint density at radius 2 is 1.86 bits per heavy atom. The highest BCUT2D eigenvalue weighted by molar-refractivity contribution is 4.76. The molecule has 82 valence electrons. The monoisotopic (exact) mass is 199 g/mol. The molecule has 3 heteroatoms. The van der Waals surface area contributed by atoms with Gasteiger partial charge in [-0.1, -0.05) is 12.8 Å². The molecule has 1 N–H and O–H groups in total. The van der Waals surface area contributed by atoms with E-state index < -0.39 is 0 Å². The number of ether oxygens (including phenoxy) is 2. The van der Waals surface area contributed by atoms with Crippen molar-refractivity contribution >= 4 is 0 Å². The topological polar surface area (TPSA) is 30.5 Å². The molecule has 0 radical (unpaired) electrons. The average Bonchev–Trinajstić information content (AvgIpc) is 2.77. The Balaban J connectivity index is 1.61. The van der Waals surface area contributed by atoms with E-state index >= 15 is 0 Å². The molecule has 1 saturated heterocycles. The molecule has 0 aromatic rings. The molecule has 0 spiro atoms. The first-order valence-electron chi connectivity index (χ1n) is 5.80. The minimum Gasteiger partial charge on any atom is -0.348 e. The van der Waals surface area contributed by atoms with Gasteiger partial charge in [-0.25, -0.2) is 0 Å². The van der Waals surface area contributed by atoms with Gasteiger partial charge >= 0.3 is 0 Å². The normalized spacial score (nSPS) is 27.2. The summed E-state index contributed by atoms with van der Waals surface area (Å²) >= 11 is 0. The van der Waals surface area contributed by atoms with E-state index in [1.807, 2.05) is 6.92 Å². The van der Waals surface area contributed by atoms with Crippen LogP contribution in [-0.2, 0) is 9.47 Å². The van der Waals surface area contributed by atoms with Crippen molar-refractivity contribution in [2.45, 2.75) is 50.9 Å². The smallest absolute Gasteiger partial charge is 0.166 e. The van der Waals surface area contributed by atoms with Crippen molar-refractivity contribution in [3.8, 4) is 0 Å². The fourth-order valence-corrected chi connectivity index (χ4v) is 2.33. The van der Waals surface area contributed by atoms with Crippen LogP contribution in [0.15, 0.2) is 0 Å². The van der Waals surface area contributed by atoms with Crippen LogP contribution in [0.4, 0.5) is 0 Å². The maximum atomic E-state index is 5.54. The summed E-state index contributed by atoms with van der Waals surface area (Å²) in [5.74, 6) is -0.314. The highest BCUT2D eigenvalue weighted by Gasteiger charge is 2.30. The van der Waals surface area contributed by atoms with Gasteiger partial charge in [-0.2, -0.15) is 0 Å². The van der Waals surface area contributed by atoms with Crippen molar-refractivity contribution in [3.63, 3.8) is 0 Å². The maximum absolute atomic E-state index is 5.54. The highest BCUT2D eigenvalue weighted by atomic mass is 16.7. The first-order valence-corrected chi connectivity index (χ1v) is 5.80. The molecule has 14 heavy (non-hydrogen) atoms. The van der Waals surface area contributed by atoms with E-state index in [0.29, 0.717) is 0 Å². The quantitative estimate of drug-likeness (QED) is 0.747. The first-order chi connectivity index (χ1) is 6.79. The summed E-state index contributed by atoms with van der Waals surface area (Å²) in [5, 5.41) is 3.57. The van der Waals surface area contributed by atoms with Gasteiger partial charge in [0.05, 0.1) is 13.2 Å². The Labute approximate surface area is 86.2 Å². The summed E-state index contributed by atoms with van der Waals surface area (Å²) in [4.78, 5) is 0. The molecule has 2 fully saturated rings. The van der Waals surface area contributed by atoms with Crippen molar-refractivity contribution in [1.82, 2.24) is 5.32 Å². The van der Waals surface area contributed by atoms with Crippen LogP contribution in [0.5, 0.6) is 0 Å². The van der Waals surface area contributed by atoms with E-state index in [1.165, 1.54) is 25.7 Å². The molecule has 0 aromatic carbocycles. The minimum absolute atomic E-state index is 0.314. The summed E-state index contributed by atoms with van der Waals surface area (Å²) in [5.41, 5.74) is 0. The Kier molecular flexibility index (Phi) is 3.42. The third kappa shape index (κ3) is 2.69. The number of hydrogen-bond donors (Lipinski definition) is 1. The van der Waals surface area contributed by atoms with Crippen LogP contribution in [0, 0.1) is 0 Å². The van der Waals surface area contributed by atoms with Crippen LogP contribution in [0.1, 0.15) is 39.0 Å². The van der Waals surface area contributed by atoms with E-state index in [1.54, 1.807) is 0 Å². The zero-order valence-corrected chi connectivity index (χ0v) is 9.05. The largest absolute Gasteiger partial charge is 0.348 e. The molecule has 2 aliphatic rings. The van der Waals surface area contributed by atoms with Gasteiger partial charge in [0.15, 0.2) is 5.79 Å². The van der Waals surface area contributed by atoms with E-state index in [9.17, 15) is 0 Å². The van der Waals surface area contributed by atoms with Crippen molar-refractivity contribution in [3.05, 3.63) is 0 Å². The fraction of sp³-hybridized carbons (Fsp3) is 1.00. The minimum atomic E-state index is -0.314. The third-order valence-corrected chi connectivity index (χ3v) is 3.27. The van der Waals surface area contributed by atoms with Gasteiger partial charge < -0.3 is 14.8 Å². The second kappa shape index (κ2) is 4.60. The predicted molar refractivity (Wildman–Crippen MR) is 55.2 cm³/mol. The van der Waals surface area contributed by atoms with Crippen molar-refractivity contribution in [2.75, 3.05) is 19.8 Å². The molecular weight excluding hydrogens is 178 g/mol. The molecule has 2 rings (SSSR count). The van der Waals surface area contributed by atoms with Gasteiger partial charge in [-0.15, -0.1) is 0 Å². The van der Waals surface area contributed by atoms with Gasteiger partial charge in [-0.05, 0) is 19.8 Å². The molecule has 0 amide bonds. The molecular formula is C11H21NO2. The number of rotatable bonds is 4. The maximum Gasteiger partial charge on any atom is 0.166 e. The number of nitrogens with one attached hydrogen (secondary N) is 1. The third-order valence-electron chi connectivity index (χ3n) is 3.27. The van der Waals surface area contributed by atoms with Gasteiger partial charge in [0, 0.05) is 19.0 Å². The van der Waals surface area contributed by atoms with E-state index in [4.69, 9.17) is 9.47 Å². The average molecular weight is 199 g/mol. The zero-order chi connectivity index (χ0) is 9.86. The highest BCUT2D eigenvalue weighted by Crippen LogP contribution is 2.22. The molecule has 1 heterocycles. The van der Waals surface area contributed by atoms with Crippen LogP contribution < -0.4 is 5.32 Å². The van der Waals surface area contributed by atoms with E-state index in [0.717, 1.165) is 32.2 Å². The summed E-state index contributed by atoms with van der Waals surface area (Å²) in [7, 11) is 0. The first kappa shape index (κ1) is 10.4. The summed E-state index contributed by atoms with van der Waals surface area (Å²) in [6.07, 6.45) is 6.43. The lowest BCUT2D eigenvalue weighted by Crippen LogP contribution is -2.34. The fourth-order valence-electron chi connectivity index (χ4n) is 2.33. The number of hydrogen-bond acceptors (Lipinski definition) is 3. The SMILES string of the molecule is CC1(CCNC2CCCC2)OCCO1. The molecule has 0 bridgehead atoms. The zero-order valence-electron chi connectivity index (χ0n) is 9.05. The Morgan fingerprint density at radius 1 is 1.21 bits per heavy atom. The Hall–Kier alpha value is -0.120. The molecule has 1 saturated carbocycles. The van der Waals surface area contributed by atoms with Crippen LogP contribution in [0.3, 0.4) is 0 Å². The van der Waals surface area contributed by atoms with Gasteiger partial charge in [-0.3, -0.25) is 0 Å². The molecule has 0 unspecified atom stereocenters. The summed E-state index contributed by atoms with van der Waals surface area (Å²) in [6, 6.07) is 0.750. The standard InChI is InChI=1S/C11H21NO2/c1-11(13-8-9-14-11)6-7-12-10-4-2-3-5-10/h10,12H,2-9H2,1H3. The van der Waals surface area contributed by atoms with E-state index in [-0.39, 0.29) is 5.79 Å². The van der Waals surface area contributed by atoms with Crippen molar-refractivity contribution in [1.29, 1.82) is 0 Å². The Morgan fingerprint density at radius 3 is 2.50 bits per heavy atom. The van der Waals surface area contributed by atoms with Crippen molar-refractivity contribution in [2.24, 2.45) is 0 Å². The Bertz CT molecular complexity index is 172.